The van der Waals surface area contributed by atoms with E-state index in [-0.39, 0.29) is 18.1 Å². The molecular weight excluding hydrogens is 380 g/mol. The van der Waals surface area contributed by atoms with Gasteiger partial charge in [0.25, 0.3) is 0 Å². The molecule has 30 heavy (non-hydrogen) atoms. The maximum absolute atomic E-state index is 11.2. The number of amides is 1. The summed E-state index contributed by atoms with van der Waals surface area (Å²) in [5.74, 6) is 3.13. The van der Waals surface area contributed by atoms with Crippen LogP contribution in [-0.2, 0) is 4.79 Å². The molecule has 0 radical (unpaired) electrons. The Bertz CT molecular complexity index is 883. The molecular formula is C23H30N4O3. The zero-order valence-electron chi connectivity index (χ0n) is 17.9. The van der Waals surface area contributed by atoms with Crippen molar-refractivity contribution in [1.29, 1.82) is 0 Å². The molecule has 160 valence electrons. The highest BCUT2D eigenvalue weighted by molar-refractivity contribution is 5.73. The van der Waals surface area contributed by atoms with Crippen molar-refractivity contribution in [3.8, 4) is 11.6 Å². The molecule has 7 heteroatoms. The van der Waals surface area contributed by atoms with E-state index in [9.17, 15) is 4.79 Å². The monoisotopic (exact) mass is 410 g/mol. The molecule has 1 aliphatic carbocycles. The van der Waals surface area contributed by atoms with Crippen LogP contribution in [0.1, 0.15) is 50.3 Å². The van der Waals surface area contributed by atoms with Gasteiger partial charge < -0.3 is 19.7 Å². The van der Waals surface area contributed by atoms with Crippen LogP contribution in [0.2, 0.25) is 0 Å². The van der Waals surface area contributed by atoms with Gasteiger partial charge in [0.1, 0.15) is 24.0 Å². The molecule has 2 atom stereocenters. The van der Waals surface area contributed by atoms with Crippen molar-refractivity contribution in [3.05, 3.63) is 41.7 Å². The van der Waals surface area contributed by atoms with E-state index in [0.29, 0.717) is 11.8 Å². The molecule has 0 spiro atoms. The Morgan fingerprint density at radius 3 is 2.70 bits per heavy atom. The summed E-state index contributed by atoms with van der Waals surface area (Å²) < 4.78 is 12.1. The minimum Gasteiger partial charge on any atom is -0.489 e. The molecule has 2 heterocycles. The van der Waals surface area contributed by atoms with Crippen molar-refractivity contribution in [3.63, 3.8) is 0 Å². The number of carbonyl (C=O) groups excluding carboxylic acids is 1. The van der Waals surface area contributed by atoms with Gasteiger partial charge in [-0.3, -0.25) is 4.79 Å². The lowest BCUT2D eigenvalue weighted by molar-refractivity contribution is -0.119. The predicted octanol–water partition coefficient (Wildman–Crippen LogP) is 3.43. The number of carbonyl (C=O) groups is 1. The van der Waals surface area contributed by atoms with E-state index in [1.165, 1.54) is 19.8 Å². The molecule has 1 aromatic carbocycles. The summed E-state index contributed by atoms with van der Waals surface area (Å²) in [6, 6.07) is 7.92. The molecule has 1 N–H and O–H groups in total. The fourth-order valence-electron chi connectivity index (χ4n) is 3.80. The molecule has 1 aromatic heterocycles. The first-order valence-electron chi connectivity index (χ1n) is 10.7. The topological polar surface area (TPSA) is 76.6 Å². The second kappa shape index (κ2) is 8.90. The highest BCUT2D eigenvalue weighted by atomic mass is 16.5. The van der Waals surface area contributed by atoms with E-state index in [1.807, 2.05) is 38.1 Å². The first-order valence-corrected chi connectivity index (χ1v) is 10.7. The number of aromatic nitrogens is 2. The first-order chi connectivity index (χ1) is 14.5. The predicted molar refractivity (Wildman–Crippen MR) is 115 cm³/mol. The van der Waals surface area contributed by atoms with Crippen molar-refractivity contribution < 1.29 is 14.3 Å². The van der Waals surface area contributed by atoms with Gasteiger partial charge in [-0.05, 0) is 50.3 Å². The Morgan fingerprint density at radius 2 is 2.00 bits per heavy atom. The maximum atomic E-state index is 11.2. The molecule has 1 amide bonds. The van der Waals surface area contributed by atoms with Gasteiger partial charge in [-0.15, -0.1) is 0 Å². The molecule has 0 bridgehead atoms. The van der Waals surface area contributed by atoms with E-state index >= 15 is 0 Å². The number of ether oxygens (including phenoxy) is 2. The van der Waals surface area contributed by atoms with E-state index in [1.54, 1.807) is 6.33 Å². The zero-order valence-corrected chi connectivity index (χ0v) is 17.9. The van der Waals surface area contributed by atoms with Crippen molar-refractivity contribution in [2.45, 2.75) is 52.2 Å². The third kappa shape index (κ3) is 5.01. The zero-order chi connectivity index (χ0) is 21.1. The normalized spacial score (nSPS) is 19.4. The highest BCUT2D eigenvalue weighted by Gasteiger charge is 2.28. The summed E-state index contributed by atoms with van der Waals surface area (Å²) in [4.78, 5) is 22.3. The number of nitrogens with one attached hydrogen (secondary N) is 1. The molecule has 7 nitrogen and oxygen atoms in total. The molecule has 4 rings (SSSR count). The Balaban J connectivity index is 1.34. The van der Waals surface area contributed by atoms with Crippen LogP contribution < -0.4 is 19.7 Å². The standard InChI is InChI=1S/C23H30N4O3/c1-15-22(24-14-25-23(15)29-13-18-4-5-18)27-11-10-21(12-27)30-20-8-6-19(7-9-20)16(2)26-17(3)28/h6-9,14,16,18,21H,4-5,10-13H2,1-3H3,(H,26,28)/t16-,21+/m0/s1. The summed E-state index contributed by atoms with van der Waals surface area (Å²) in [5.41, 5.74) is 2.05. The Labute approximate surface area is 177 Å². The van der Waals surface area contributed by atoms with E-state index < -0.39 is 0 Å². The Kier molecular flexibility index (Phi) is 6.06. The van der Waals surface area contributed by atoms with Gasteiger partial charge in [-0.2, -0.15) is 0 Å². The number of rotatable bonds is 8. The molecule has 2 aromatic rings. The van der Waals surface area contributed by atoms with E-state index in [0.717, 1.165) is 48.8 Å². The summed E-state index contributed by atoms with van der Waals surface area (Å²) in [6.07, 6.45) is 5.15. The summed E-state index contributed by atoms with van der Waals surface area (Å²) in [5, 5.41) is 2.90. The van der Waals surface area contributed by atoms with Gasteiger partial charge in [0.15, 0.2) is 0 Å². The third-order valence-corrected chi connectivity index (χ3v) is 5.71. The smallest absolute Gasteiger partial charge is 0.221 e. The van der Waals surface area contributed by atoms with Crippen LogP contribution in [-0.4, -0.2) is 41.7 Å². The van der Waals surface area contributed by atoms with Crippen molar-refractivity contribution >= 4 is 11.7 Å². The lowest BCUT2D eigenvalue weighted by Gasteiger charge is -2.21. The van der Waals surface area contributed by atoms with Crippen LogP contribution in [0.25, 0.3) is 0 Å². The fraction of sp³-hybridized carbons (Fsp3) is 0.522. The lowest BCUT2D eigenvalue weighted by atomic mass is 10.1. The summed E-state index contributed by atoms with van der Waals surface area (Å²) in [6.45, 7) is 7.95. The largest absolute Gasteiger partial charge is 0.489 e. The number of benzene rings is 1. The Hall–Kier alpha value is -2.83. The quantitative estimate of drug-likeness (QED) is 0.719. The Morgan fingerprint density at radius 1 is 1.23 bits per heavy atom. The van der Waals surface area contributed by atoms with E-state index in [4.69, 9.17) is 9.47 Å². The minimum atomic E-state index is -0.0324. The maximum Gasteiger partial charge on any atom is 0.221 e. The third-order valence-electron chi connectivity index (χ3n) is 5.71. The number of hydrogen-bond donors (Lipinski definition) is 1. The second-order valence-corrected chi connectivity index (χ2v) is 8.35. The van der Waals surface area contributed by atoms with Gasteiger partial charge in [0.05, 0.1) is 24.8 Å². The van der Waals surface area contributed by atoms with Gasteiger partial charge >= 0.3 is 0 Å². The summed E-state index contributed by atoms with van der Waals surface area (Å²) >= 11 is 0. The molecule has 0 unspecified atom stereocenters. The SMILES string of the molecule is CC(=O)N[C@@H](C)c1ccc(O[C@@H]2CCN(c3ncnc(OCC4CC4)c3C)C2)cc1. The van der Waals surface area contributed by atoms with Crippen LogP contribution in [0.4, 0.5) is 5.82 Å². The second-order valence-electron chi connectivity index (χ2n) is 8.35. The average Bonchev–Trinajstić information content (AvgIpc) is 3.44. The van der Waals surface area contributed by atoms with Crippen LogP contribution in [0.3, 0.4) is 0 Å². The molecule has 2 aliphatic rings. The minimum absolute atomic E-state index is 0.0180. The van der Waals surface area contributed by atoms with Gasteiger partial charge in [0.2, 0.25) is 11.8 Å². The van der Waals surface area contributed by atoms with Gasteiger partial charge in [-0.1, -0.05) is 12.1 Å². The average molecular weight is 411 g/mol. The molecule has 1 aliphatic heterocycles. The van der Waals surface area contributed by atoms with Crippen molar-refractivity contribution in [2.24, 2.45) is 5.92 Å². The highest BCUT2D eigenvalue weighted by Crippen LogP contribution is 2.32. The first kappa shape index (κ1) is 20.4. The molecule has 1 saturated heterocycles. The van der Waals surface area contributed by atoms with Gasteiger partial charge in [0, 0.05) is 19.9 Å². The van der Waals surface area contributed by atoms with Crippen molar-refractivity contribution in [2.75, 3.05) is 24.6 Å². The fourth-order valence-corrected chi connectivity index (χ4v) is 3.80. The molecule has 1 saturated carbocycles. The van der Waals surface area contributed by atoms with Crippen LogP contribution >= 0.6 is 0 Å². The van der Waals surface area contributed by atoms with Gasteiger partial charge in [-0.25, -0.2) is 9.97 Å². The van der Waals surface area contributed by atoms with Crippen molar-refractivity contribution in [1.82, 2.24) is 15.3 Å². The van der Waals surface area contributed by atoms with Crippen LogP contribution in [0, 0.1) is 12.8 Å². The summed E-state index contributed by atoms with van der Waals surface area (Å²) in [7, 11) is 0. The van der Waals surface area contributed by atoms with Crippen LogP contribution in [0.5, 0.6) is 11.6 Å². The lowest BCUT2D eigenvalue weighted by Crippen LogP contribution is -2.26. The van der Waals surface area contributed by atoms with Crippen LogP contribution in [0.15, 0.2) is 30.6 Å². The number of hydrogen-bond acceptors (Lipinski definition) is 6. The number of nitrogens with zero attached hydrogens (tertiary/aromatic N) is 3. The van der Waals surface area contributed by atoms with E-state index in [2.05, 4.69) is 20.2 Å². The number of anilines is 1. The molecule has 2 fully saturated rings.